The van der Waals surface area contributed by atoms with Gasteiger partial charge in [-0.1, -0.05) is 64.5 Å². The van der Waals surface area contributed by atoms with Gasteiger partial charge in [0.15, 0.2) is 0 Å². The highest BCUT2D eigenvalue weighted by atomic mass is 79.9. The van der Waals surface area contributed by atoms with Crippen LogP contribution < -0.4 is 10.2 Å². The van der Waals surface area contributed by atoms with Crippen LogP contribution in [0.5, 0.6) is 0 Å². The molecule has 0 fully saturated rings. The first kappa shape index (κ1) is 31.7. The molecule has 3 N–H and O–H groups in total. The van der Waals surface area contributed by atoms with Crippen molar-refractivity contribution in [3.05, 3.63) is 101 Å². The number of anilines is 3. The van der Waals surface area contributed by atoms with Crippen molar-refractivity contribution in [2.24, 2.45) is 0 Å². The van der Waals surface area contributed by atoms with Crippen LogP contribution in [0.2, 0.25) is 0 Å². The van der Waals surface area contributed by atoms with E-state index in [1.165, 1.54) is 37.4 Å². The topological polar surface area (TPSA) is 154 Å². The number of halogens is 1. The Kier molecular flexibility index (Phi) is 9.64. The van der Waals surface area contributed by atoms with Crippen molar-refractivity contribution in [2.75, 3.05) is 17.3 Å². The number of amides is 3. The van der Waals surface area contributed by atoms with Gasteiger partial charge in [-0.3, -0.25) is 14.5 Å². The van der Waals surface area contributed by atoms with Crippen LogP contribution in [0.3, 0.4) is 0 Å². The number of hydrogen-bond acceptors (Lipinski definition) is 7. The van der Waals surface area contributed by atoms with E-state index in [1.54, 1.807) is 68.4 Å². The van der Waals surface area contributed by atoms with Crippen molar-refractivity contribution >= 4 is 73.6 Å². The molecule has 4 rings (SSSR count). The van der Waals surface area contributed by atoms with Crippen molar-refractivity contribution in [1.82, 2.24) is 4.90 Å². The highest BCUT2D eigenvalue weighted by Gasteiger charge is 2.33. The number of carboxylic acid groups (broad SMARTS) is 2. The van der Waals surface area contributed by atoms with Crippen LogP contribution in [-0.4, -0.2) is 58.1 Å². The van der Waals surface area contributed by atoms with Gasteiger partial charge in [0.25, 0.3) is 5.91 Å². The zero-order chi connectivity index (χ0) is 32.1. The molecule has 0 bridgehead atoms. The maximum atomic E-state index is 13.7. The van der Waals surface area contributed by atoms with Gasteiger partial charge in [-0.05, 0) is 55.8 Å². The van der Waals surface area contributed by atoms with E-state index in [1.807, 2.05) is 0 Å². The molecule has 0 aromatic heterocycles. The fourth-order valence-electron chi connectivity index (χ4n) is 4.83. The van der Waals surface area contributed by atoms with Gasteiger partial charge >= 0.3 is 23.9 Å². The number of ether oxygens (including phenoxy) is 1. The van der Waals surface area contributed by atoms with Gasteiger partial charge in [-0.15, -0.1) is 0 Å². The molecule has 4 aromatic carbocycles. The number of carbonyl (C=O) groups excluding carboxylic acids is 3. The molecule has 0 spiro atoms. The van der Waals surface area contributed by atoms with Crippen LogP contribution in [0, 0.1) is 0 Å². The maximum Gasteiger partial charge on any atom is 0.416 e. The minimum atomic E-state index is -1.78. The SMILES string of the molecule is COC(=O)N(C(=O)[C@H](C)Nc1ccc(N(C(=O)C(=O)O)c2ccccc2C(=O)O)c2ccccc12)[C@H](C)c1ccc(Br)cc1. The van der Waals surface area contributed by atoms with E-state index in [2.05, 4.69) is 21.2 Å². The van der Waals surface area contributed by atoms with Crippen LogP contribution in [0.15, 0.2) is 89.4 Å². The monoisotopic (exact) mass is 661 g/mol. The fraction of sp³-hybridized carbons (Fsp3) is 0.156. The van der Waals surface area contributed by atoms with Gasteiger partial charge < -0.3 is 20.3 Å². The van der Waals surface area contributed by atoms with Gasteiger partial charge in [0.05, 0.1) is 30.1 Å². The van der Waals surface area contributed by atoms with Crippen LogP contribution in [0.25, 0.3) is 10.8 Å². The summed E-state index contributed by atoms with van der Waals surface area (Å²) in [6, 6.07) is 20.9. The Hall–Kier alpha value is -5.23. The molecule has 0 heterocycles. The summed E-state index contributed by atoms with van der Waals surface area (Å²) in [4.78, 5) is 65.1. The highest BCUT2D eigenvalue weighted by molar-refractivity contribution is 9.10. The number of carbonyl (C=O) groups is 5. The Balaban J connectivity index is 1.76. The van der Waals surface area contributed by atoms with Crippen LogP contribution in [0.4, 0.5) is 21.9 Å². The van der Waals surface area contributed by atoms with E-state index in [0.29, 0.717) is 22.0 Å². The number of imide groups is 1. The lowest BCUT2D eigenvalue weighted by Crippen LogP contribution is -2.46. The first-order valence-corrected chi connectivity index (χ1v) is 14.1. The molecular weight excluding hydrogens is 634 g/mol. The summed E-state index contributed by atoms with van der Waals surface area (Å²) in [5.41, 5.74) is 0.874. The van der Waals surface area contributed by atoms with Gasteiger partial charge in [0.2, 0.25) is 0 Å². The molecule has 0 aliphatic rings. The molecule has 44 heavy (non-hydrogen) atoms. The van der Waals surface area contributed by atoms with Gasteiger partial charge in [-0.2, -0.15) is 0 Å². The summed E-state index contributed by atoms with van der Waals surface area (Å²) < 4.78 is 5.76. The second-order valence-corrected chi connectivity index (χ2v) is 10.6. The Morgan fingerprint density at radius 3 is 2.02 bits per heavy atom. The number of aromatic carboxylic acids is 1. The quantitative estimate of drug-likeness (QED) is 0.187. The lowest BCUT2D eigenvalue weighted by Gasteiger charge is -2.30. The van der Waals surface area contributed by atoms with Crippen molar-refractivity contribution in [1.29, 1.82) is 0 Å². The molecule has 11 nitrogen and oxygen atoms in total. The summed E-state index contributed by atoms with van der Waals surface area (Å²) >= 11 is 3.38. The normalized spacial score (nSPS) is 12.1. The maximum absolute atomic E-state index is 13.7. The zero-order valence-corrected chi connectivity index (χ0v) is 25.4. The Bertz CT molecular complexity index is 1760. The highest BCUT2D eigenvalue weighted by Crippen LogP contribution is 2.38. The standard InChI is InChI=1S/C32H28BrN3O8/c1-18(28(37)35(32(43)44-3)19(2)20-12-14-21(33)15-13-20)34-25-16-17-27(23-9-5-4-8-22(23)25)36(29(38)31(41)42)26-11-7-6-10-24(26)30(39)40/h4-19,34H,1-3H3,(H,39,40)(H,41,42)/t18-,19+/m0/s1. The molecule has 0 aliphatic carbocycles. The van der Waals surface area contributed by atoms with Gasteiger partial charge in [-0.25, -0.2) is 19.3 Å². The molecule has 0 unspecified atom stereocenters. The minimum absolute atomic E-state index is 0.117. The third-order valence-electron chi connectivity index (χ3n) is 6.99. The van der Waals surface area contributed by atoms with E-state index in [0.717, 1.165) is 14.3 Å². The Labute approximate surface area is 260 Å². The van der Waals surface area contributed by atoms with Crippen molar-refractivity contribution in [2.45, 2.75) is 25.9 Å². The second-order valence-electron chi connectivity index (χ2n) is 9.72. The third-order valence-corrected chi connectivity index (χ3v) is 7.52. The molecule has 226 valence electrons. The second kappa shape index (κ2) is 13.4. The molecular formula is C32H28BrN3O8. The average Bonchev–Trinajstić information content (AvgIpc) is 3.02. The Morgan fingerprint density at radius 1 is 0.795 bits per heavy atom. The average molecular weight is 662 g/mol. The van der Waals surface area contributed by atoms with Crippen LogP contribution in [0.1, 0.15) is 35.8 Å². The number of hydrogen-bond donors (Lipinski definition) is 3. The number of methoxy groups -OCH3 is 1. The van der Waals surface area contributed by atoms with E-state index in [4.69, 9.17) is 4.74 Å². The summed E-state index contributed by atoms with van der Waals surface area (Å²) in [5.74, 6) is -5.05. The smallest absolute Gasteiger partial charge is 0.416 e. The molecule has 0 saturated heterocycles. The molecule has 2 atom stereocenters. The number of benzene rings is 4. The van der Waals surface area contributed by atoms with Crippen LogP contribution >= 0.6 is 15.9 Å². The van der Waals surface area contributed by atoms with E-state index in [-0.39, 0.29) is 16.9 Å². The third kappa shape index (κ3) is 6.40. The first-order valence-electron chi connectivity index (χ1n) is 13.3. The lowest BCUT2D eigenvalue weighted by molar-refractivity contribution is -0.148. The summed E-state index contributed by atoms with van der Waals surface area (Å²) in [6.45, 7) is 3.29. The molecule has 0 aliphatic heterocycles. The summed E-state index contributed by atoms with van der Waals surface area (Å²) in [7, 11) is 1.19. The Morgan fingerprint density at radius 2 is 1.41 bits per heavy atom. The van der Waals surface area contributed by atoms with E-state index in [9.17, 15) is 34.2 Å². The van der Waals surface area contributed by atoms with Gasteiger partial charge in [0, 0.05) is 20.9 Å². The van der Waals surface area contributed by atoms with Gasteiger partial charge in [0.1, 0.15) is 6.04 Å². The predicted octanol–water partition coefficient (Wildman–Crippen LogP) is 6.21. The number of aliphatic carboxylic acids is 1. The van der Waals surface area contributed by atoms with Crippen molar-refractivity contribution in [3.63, 3.8) is 0 Å². The zero-order valence-electron chi connectivity index (χ0n) is 23.9. The minimum Gasteiger partial charge on any atom is -0.478 e. The summed E-state index contributed by atoms with van der Waals surface area (Å²) in [5, 5.41) is 23.4. The molecule has 3 amide bonds. The number of nitrogens with one attached hydrogen (secondary N) is 1. The molecule has 12 heteroatoms. The molecule has 0 radical (unpaired) electrons. The van der Waals surface area contributed by atoms with Crippen LogP contribution in [-0.2, 0) is 19.1 Å². The number of para-hydroxylation sites is 1. The van der Waals surface area contributed by atoms with E-state index < -0.39 is 41.9 Å². The summed E-state index contributed by atoms with van der Waals surface area (Å²) in [6.07, 6.45) is -0.834. The molecule has 4 aromatic rings. The van der Waals surface area contributed by atoms with E-state index >= 15 is 0 Å². The van der Waals surface area contributed by atoms with Crippen molar-refractivity contribution in [3.8, 4) is 0 Å². The lowest BCUT2D eigenvalue weighted by atomic mass is 10.0. The fourth-order valence-corrected chi connectivity index (χ4v) is 5.09. The largest absolute Gasteiger partial charge is 0.478 e. The predicted molar refractivity (Wildman–Crippen MR) is 167 cm³/mol. The number of fused-ring (bicyclic) bond motifs is 1. The molecule has 0 saturated carbocycles. The first-order chi connectivity index (χ1) is 21.0. The number of rotatable bonds is 8. The number of carboxylic acids is 2. The number of nitrogens with zero attached hydrogens (tertiary/aromatic N) is 2. The van der Waals surface area contributed by atoms with Crippen molar-refractivity contribution < 1.29 is 38.9 Å².